The second-order valence-electron chi connectivity index (χ2n) is 5.03. The Morgan fingerprint density at radius 2 is 2.16 bits per heavy atom. The van der Waals surface area contributed by atoms with Gasteiger partial charge >= 0.3 is 0 Å². The molecule has 0 saturated carbocycles. The molecule has 1 aliphatic rings. The lowest BCUT2D eigenvalue weighted by molar-refractivity contribution is 0.459. The van der Waals surface area contributed by atoms with Crippen molar-refractivity contribution in [3.63, 3.8) is 0 Å². The Bertz CT molecular complexity index is 540. The minimum atomic E-state index is -3.35. The van der Waals surface area contributed by atoms with E-state index in [1.165, 1.54) is 9.87 Å². The average molecular weight is 282 g/mol. The lowest BCUT2D eigenvalue weighted by Gasteiger charge is -2.21. The molecule has 0 fully saturated rings. The number of rotatable bonds is 5. The van der Waals surface area contributed by atoms with Crippen LogP contribution in [0.3, 0.4) is 0 Å². The molecular formula is C14H22N2O2S. The smallest absolute Gasteiger partial charge is 0.242 e. The quantitative estimate of drug-likeness (QED) is 0.902. The Morgan fingerprint density at radius 3 is 2.89 bits per heavy atom. The van der Waals surface area contributed by atoms with E-state index in [1.54, 1.807) is 19.2 Å². The van der Waals surface area contributed by atoms with E-state index >= 15 is 0 Å². The number of benzene rings is 1. The second-order valence-corrected chi connectivity index (χ2v) is 7.07. The van der Waals surface area contributed by atoms with Crippen LogP contribution in [-0.4, -0.2) is 32.9 Å². The van der Waals surface area contributed by atoms with Gasteiger partial charge < -0.3 is 5.32 Å². The standard InChI is InChI=1S/C14H22N2O2S/c1-3-4-10-16(2)19(17,18)13-8-7-12-6-5-9-15-14(12)11-13/h7-8,11,15H,3-6,9-10H2,1-2H3. The highest BCUT2D eigenvalue weighted by Gasteiger charge is 2.21. The molecule has 4 nitrogen and oxygen atoms in total. The molecule has 0 spiro atoms. The highest BCUT2D eigenvalue weighted by molar-refractivity contribution is 7.89. The Balaban J connectivity index is 2.25. The van der Waals surface area contributed by atoms with E-state index < -0.39 is 10.0 Å². The summed E-state index contributed by atoms with van der Waals surface area (Å²) >= 11 is 0. The SMILES string of the molecule is CCCCN(C)S(=O)(=O)c1ccc2c(c1)NCCC2. The zero-order valence-corrected chi connectivity index (χ0v) is 12.5. The Morgan fingerprint density at radius 1 is 1.37 bits per heavy atom. The van der Waals surface area contributed by atoms with Crippen LogP contribution in [0.25, 0.3) is 0 Å². The summed E-state index contributed by atoms with van der Waals surface area (Å²) in [4.78, 5) is 0.388. The normalized spacial score (nSPS) is 15.1. The van der Waals surface area contributed by atoms with Gasteiger partial charge in [-0.15, -0.1) is 0 Å². The lowest BCUT2D eigenvalue weighted by atomic mass is 10.0. The third kappa shape index (κ3) is 3.09. The molecule has 0 bridgehead atoms. The lowest BCUT2D eigenvalue weighted by Crippen LogP contribution is -2.28. The van der Waals surface area contributed by atoms with Crippen molar-refractivity contribution in [3.05, 3.63) is 23.8 Å². The molecule has 1 aliphatic heterocycles. The van der Waals surface area contributed by atoms with Crippen molar-refractivity contribution >= 4 is 15.7 Å². The third-order valence-corrected chi connectivity index (χ3v) is 5.41. The van der Waals surface area contributed by atoms with Crippen molar-refractivity contribution in [2.24, 2.45) is 0 Å². The number of nitrogens with one attached hydrogen (secondary N) is 1. The zero-order valence-electron chi connectivity index (χ0n) is 11.6. The first kappa shape index (κ1) is 14.3. The molecule has 1 N–H and O–H groups in total. The van der Waals surface area contributed by atoms with Crippen LogP contribution in [0.2, 0.25) is 0 Å². The highest BCUT2D eigenvalue weighted by Crippen LogP contribution is 2.26. The van der Waals surface area contributed by atoms with Crippen LogP contribution >= 0.6 is 0 Å². The van der Waals surface area contributed by atoms with Crippen LogP contribution in [0.4, 0.5) is 5.69 Å². The summed E-state index contributed by atoms with van der Waals surface area (Å²) < 4.78 is 26.3. The predicted octanol–water partition coefficient (Wildman–Crippen LogP) is 2.47. The van der Waals surface area contributed by atoms with Gasteiger partial charge in [0, 0.05) is 25.8 Å². The molecule has 5 heteroatoms. The van der Waals surface area contributed by atoms with Crippen molar-refractivity contribution in [1.82, 2.24) is 4.31 Å². The van der Waals surface area contributed by atoms with E-state index in [2.05, 4.69) is 12.2 Å². The molecule has 1 aromatic rings. The van der Waals surface area contributed by atoms with Crippen LogP contribution in [0, 0.1) is 0 Å². The minimum absolute atomic E-state index is 0.388. The van der Waals surface area contributed by atoms with E-state index in [0.29, 0.717) is 11.4 Å². The molecule has 19 heavy (non-hydrogen) atoms. The van der Waals surface area contributed by atoms with Crippen molar-refractivity contribution in [2.45, 2.75) is 37.5 Å². The zero-order chi connectivity index (χ0) is 13.9. The monoisotopic (exact) mass is 282 g/mol. The Hall–Kier alpha value is -1.07. The van der Waals surface area contributed by atoms with Crippen LogP contribution in [0.5, 0.6) is 0 Å². The summed E-state index contributed by atoms with van der Waals surface area (Å²) in [5.41, 5.74) is 2.18. The molecule has 1 aromatic carbocycles. The number of aryl methyl sites for hydroxylation is 1. The summed E-state index contributed by atoms with van der Waals surface area (Å²) in [7, 11) is -1.70. The first-order valence-corrected chi connectivity index (χ1v) is 8.33. The van der Waals surface area contributed by atoms with Gasteiger partial charge in [-0.3, -0.25) is 0 Å². The van der Waals surface area contributed by atoms with Crippen LogP contribution in [0.1, 0.15) is 31.7 Å². The van der Waals surface area contributed by atoms with Crippen molar-refractivity contribution in [3.8, 4) is 0 Å². The number of hydrogen-bond acceptors (Lipinski definition) is 3. The van der Waals surface area contributed by atoms with E-state index in [0.717, 1.165) is 37.9 Å². The molecule has 106 valence electrons. The van der Waals surface area contributed by atoms with Crippen molar-refractivity contribution in [2.75, 3.05) is 25.5 Å². The predicted molar refractivity (Wildman–Crippen MR) is 78.0 cm³/mol. The van der Waals surface area contributed by atoms with E-state index in [1.807, 2.05) is 6.07 Å². The fraction of sp³-hybridized carbons (Fsp3) is 0.571. The van der Waals surface area contributed by atoms with Gasteiger partial charge in [0.1, 0.15) is 0 Å². The maximum Gasteiger partial charge on any atom is 0.242 e. The van der Waals surface area contributed by atoms with Gasteiger partial charge in [-0.05, 0) is 37.0 Å². The van der Waals surface area contributed by atoms with Gasteiger partial charge in [0.15, 0.2) is 0 Å². The van der Waals surface area contributed by atoms with Gasteiger partial charge in [0.2, 0.25) is 10.0 Å². The average Bonchev–Trinajstić information content (AvgIpc) is 2.44. The maximum atomic E-state index is 12.4. The van der Waals surface area contributed by atoms with E-state index in [-0.39, 0.29) is 0 Å². The molecule has 0 unspecified atom stereocenters. The summed E-state index contributed by atoms with van der Waals surface area (Å²) in [6.45, 7) is 3.55. The van der Waals surface area contributed by atoms with Gasteiger partial charge in [-0.2, -0.15) is 0 Å². The topological polar surface area (TPSA) is 49.4 Å². The maximum absolute atomic E-state index is 12.4. The summed E-state index contributed by atoms with van der Waals surface area (Å²) in [5.74, 6) is 0. The molecule has 0 aromatic heterocycles. The minimum Gasteiger partial charge on any atom is -0.385 e. The summed E-state index contributed by atoms with van der Waals surface area (Å²) in [6.07, 6.45) is 4.01. The molecular weight excluding hydrogens is 260 g/mol. The molecule has 0 amide bonds. The van der Waals surface area contributed by atoms with Gasteiger partial charge in [-0.1, -0.05) is 19.4 Å². The molecule has 0 radical (unpaired) electrons. The largest absolute Gasteiger partial charge is 0.385 e. The second kappa shape index (κ2) is 5.92. The Kier molecular flexibility index (Phi) is 4.47. The van der Waals surface area contributed by atoms with Crippen molar-refractivity contribution < 1.29 is 8.42 Å². The molecule has 1 heterocycles. The van der Waals surface area contributed by atoms with Crippen LogP contribution in [0.15, 0.2) is 23.1 Å². The van der Waals surface area contributed by atoms with Gasteiger partial charge in [0.05, 0.1) is 4.90 Å². The fourth-order valence-electron chi connectivity index (χ4n) is 2.28. The number of hydrogen-bond donors (Lipinski definition) is 1. The van der Waals surface area contributed by atoms with Gasteiger partial charge in [-0.25, -0.2) is 12.7 Å². The third-order valence-electron chi connectivity index (χ3n) is 3.55. The first-order valence-electron chi connectivity index (χ1n) is 6.89. The number of unbranched alkanes of at least 4 members (excludes halogenated alkanes) is 1. The van der Waals surface area contributed by atoms with E-state index in [4.69, 9.17) is 0 Å². The number of sulfonamides is 1. The molecule has 2 rings (SSSR count). The molecule has 0 saturated heterocycles. The van der Waals surface area contributed by atoms with Crippen molar-refractivity contribution in [1.29, 1.82) is 0 Å². The molecule has 0 atom stereocenters. The van der Waals surface area contributed by atoms with E-state index in [9.17, 15) is 8.42 Å². The summed E-state index contributed by atoms with van der Waals surface area (Å²) in [6, 6.07) is 5.43. The fourth-order valence-corrected chi connectivity index (χ4v) is 3.52. The summed E-state index contributed by atoms with van der Waals surface area (Å²) in [5, 5.41) is 3.27. The Labute approximate surface area is 115 Å². The van der Waals surface area contributed by atoms with Gasteiger partial charge in [0.25, 0.3) is 0 Å². The first-order chi connectivity index (χ1) is 9.05. The molecule has 0 aliphatic carbocycles. The van der Waals surface area contributed by atoms with Crippen LogP contribution in [-0.2, 0) is 16.4 Å². The number of nitrogens with zero attached hydrogens (tertiary/aromatic N) is 1. The number of fused-ring (bicyclic) bond motifs is 1. The van der Waals surface area contributed by atoms with Crippen LogP contribution < -0.4 is 5.32 Å². The number of anilines is 1. The highest BCUT2D eigenvalue weighted by atomic mass is 32.2.